The molecular formula is C11H17ClN4O2. The molecule has 1 fully saturated rings. The van der Waals surface area contributed by atoms with E-state index < -0.39 is 11.5 Å². The quantitative estimate of drug-likeness (QED) is 0.830. The van der Waals surface area contributed by atoms with Gasteiger partial charge in [-0.3, -0.25) is 14.4 Å². The number of nitrogens with zero attached hydrogens (tertiary/aromatic N) is 3. The predicted molar refractivity (Wildman–Crippen MR) is 67.4 cm³/mol. The first-order valence-corrected chi connectivity index (χ1v) is 6.14. The number of likely N-dealkylation sites (tertiary alicyclic amines) is 1. The number of aryl methyl sites for hydroxylation is 2. The molecule has 2 heterocycles. The van der Waals surface area contributed by atoms with E-state index in [1.165, 1.54) is 0 Å². The fourth-order valence-electron chi connectivity index (χ4n) is 2.30. The van der Waals surface area contributed by atoms with Gasteiger partial charge in [-0.2, -0.15) is 5.10 Å². The molecule has 3 N–H and O–H groups in total. The molecular weight excluding hydrogens is 256 g/mol. The molecule has 0 aromatic carbocycles. The number of carboxylic acids is 1. The van der Waals surface area contributed by atoms with Crippen molar-refractivity contribution in [1.29, 1.82) is 0 Å². The zero-order valence-electron chi connectivity index (χ0n) is 10.5. The molecule has 2 rings (SSSR count). The average molecular weight is 273 g/mol. The average Bonchev–Trinajstić information content (AvgIpc) is 2.77. The maximum absolute atomic E-state index is 11.1. The number of carbonyl (C=O) groups is 1. The lowest BCUT2D eigenvalue weighted by Gasteiger charge is -2.19. The fourth-order valence-corrected chi connectivity index (χ4v) is 2.54. The summed E-state index contributed by atoms with van der Waals surface area (Å²) in [5, 5.41) is 13.9. The number of hydrogen-bond donors (Lipinski definition) is 2. The van der Waals surface area contributed by atoms with E-state index in [1.54, 1.807) is 11.7 Å². The van der Waals surface area contributed by atoms with Crippen molar-refractivity contribution in [1.82, 2.24) is 14.7 Å². The molecule has 0 radical (unpaired) electrons. The molecule has 1 unspecified atom stereocenters. The normalized spacial score (nSPS) is 24.7. The number of hydrogen-bond acceptors (Lipinski definition) is 4. The Labute approximate surface area is 110 Å². The summed E-state index contributed by atoms with van der Waals surface area (Å²) in [5.74, 6) is -0.945. The Kier molecular flexibility index (Phi) is 3.35. The zero-order chi connectivity index (χ0) is 13.5. The molecule has 100 valence electrons. The van der Waals surface area contributed by atoms with Crippen LogP contribution in [0.15, 0.2) is 0 Å². The Bertz CT molecular complexity index is 488. The number of carboxylic acid groups (broad SMARTS) is 1. The van der Waals surface area contributed by atoms with Gasteiger partial charge < -0.3 is 10.8 Å². The van der Waals surface area contributed by atoms with Crippen molar-refractivity contribution in [3.05, 3.63) is 16.4 Å². The third-order valence-corrected chi connectivity index (χ3v) is 3.93. The minimum absolute atomic E-state index is 0.340. The van der Waals surface area contributed by atoms with Crippen LogP contribution in [0.25, 0.3) is 0 Å². The van der Waals surface area contributed by atoms with Gasteiger partial charge >= 0.3 is 5.97 Å². The summed E-state index contributed by atoms with van der Waals surface area (Å²) in [4.78, 5) is 13.1. The van der Waals surface area contributed by atoms with Crippen LogP contribution in [0.1, 0.15) is 17.7 Å². The topological polar surface area (TPSA) is 84.4 Å². The van der Waals surface area contributed by atoms with Crippen LogP contribution in [0.3, 0.4) is 0 Å². The lowest BCUT2D eigenvalue weighted by molar-refractivity contribution is -0.142. The largest absolute Gasteiger partial charge is 0.480 e. The maximum Gasteiger partial charge on any atom is 0.325 e. The highest BCUT2D eigenvalue weighted by Crippen LogP contribution is 2.25. The van der Waals surface area contributed by atoms with E-state index in [0.717, 1.165) is 11.3 Å². The smallest absolute Gasteiger partial charge is 0.325 e. The highest BCUT2D eigenvalue weighted by molar-refractivity contribution is 6.30. The minimum atomic E-state index is -1.14. The summed E-state index contributed by atoms with van der Waals surface area (Å²) < 4.78 is 1.62. The van der Waals surface area contributed by atoms with Crippen LogP contribution in [0.4, 0.5) is 0 Å². The number of nitrogens with two attached hydrogens (primary N) is 1. The van der Waals surface area contributed by atoms with Crippen LogP contribution in [0.5, 0.6) is 0 Å². The van der Waals surface area contributed by atoms with Crippen LogP contribution < -0.4 is 5.73 Å². The van der Waals surface area contributed by atoms with Gasteiger partial charge in [0.05, 0.1) is 5.69 Å². The van der Waals surface area contributed by atoms with E-state index in [9.17, 15) is 4.79 Å². The van der Waals surface area contributed by atoms with Gasteiger partial charge in [0.1, 0.15) is 10.7 Å². The molecule has 0 spiro atoms. The van der Waals surface area contributed by atoms with Crippen molar-refractivity contribution in [2.45, 2.75) is 25.4 Å². The highest BCUT2D eigenvalue weighted by Gasteiger charge is 2.41. The fraction of sp³-hybridized carbons (Fsp3) is 0.636. The molecule has 1 saturated heterocycles. The minimum Gasteiger partial charge on any atom is -0.480 e. The van der Waals surface area contributed by atoms with Crippen molar-refractivity contribution >= 4 is 17.6 Å². The molecule has 1 aliphatic heterocycles. The molecule has 1 aliphatic rings. The van der Waals surface area contributed by atoms with Gasteiger partial charge in [0, 0.05) is 32.2 Å². The van der Waals surface area contributed by atoms with E-state index in [-0.39, 0.29) is 0 Å². The molecule has 1 atom stereocenters. The number of aromatic nitrogens is 2. The van der Waals surface area contributed by atoms with Crippen molar-refractivity contribution in [3.63, 3.8) is 0 Å². The monoisotopic (exact) mass is 272 g/mol. The Morgan fingerprint density at radius 2 is 2.33 bits per heavy atom. The summed E-state index contributed by atoms with van der Waals surface area (Å²) in [6, 6.07) is 0. The molecule has 1 aromatic heterocycles. The predicted octanol–water partition coefficient (Wildman–Crippen LogP) is 0.370. The van der Waals surface area contributed by atoms with Crippen molar-refractivity contribution < 1.29 is 9.90 Å². The molecule has 0 saturated carbocycles. The van der Waals surface area contributed by atoms with Crippen LogP contribution in [0.2, 0.25) is 5.15 Å². The zero-order valence-corrected chi connectivity index (χ0v) is 11.2. The summed E-state index contributed by atoms with van der Waals surface area (Å²) >= 11 is 6.15. The maximum atomic E-state index is 11.1. The van der Waals surface area contributed by atoms with Gasteiger partial charge in [0.15, 0.2) is 0 Å². The summed E-state index contributed by atoms with van der Waals surface area (Å²) in [7, 11) is 1.79. The molecule has 0 amide bonds. The molecule has 6 nitrogen and oxygen atoms in total. The molecule has 7 heteroatoms. The third kappa shape index (κ3) is 2.23. The number of halogens is 1. The van der Waals surface area contributed by atoms with Gasteiger partial charge in [-0.05, 0) is 13.3 Å². The standard InChI is InChI=1S/C11H17ClN4O2/c1-7-8(9(12)15(2)14-7)5-16-4-3-11(13,6-16)10(17)18/h3-6,13H2,1-2H3,(H,17,18). The van der Waals surface area contributed by atoms with Crippen molar-refractivity contribution in [2.24, 2.45) is 12.8 Å². The second-order valence-electron chi connectivity index (χ2n) is 4.90. The van der Waals surface area contributed by atoms with E-state index in [1.807, 2.05) is 11.8 Å². The molecule has 0 bridgehead atoms. The van der Waals surface area contributed by atoms with E-state index in [4.69, 9.17) is 22.4 Å². The van der Waals surface area contributed by atoms with E-state index in [0.29, 0.717) is 31.2 Å². The Morgan fingerprint density at radius 3 is 2.78 bits per heavy atom. The van der Waals surface area contributed by atoms with Crippen LogP contribution in [-0.4, -0.2) is 44.4 Å². The summed E-state index contributed by atoms with van der Waals surface area (Å²) in [6.45, 7) is 3.48. The third-order valence-electron chi connectivity index (χ3n) is 3.46. The first-order valence-electron chi connectivity index (χ1n) is 5.76. The van der Waals surface area contributed by atoms with E-state index >= 15 is 0 Å². The second kappa shape index (κ2) is 4.53. The van der Waals surface area contributed by atoms with Gasteiger partial charge in [-0.15, -0.1) is 0 Å². The second-order valence-corrected chi connectivity index (χ2v) is 5.26. The molecule has 18 heavy (non-hydrogen) atoms. The lowest BCUT2D eigenvalue weighted by atomic mass is 10.0. The summed E-state index contributed by atoms with van der Waals surface area (Å²) in [6.07, 6.45) is 0.458. The van der Waals surface area contributed by atoms with Crippen LogP contribution >= 0.6 is 11.6 Å². The van der Waals surface area contributed by atoms with Gasteiger partial charge in [0.25, 0.3) is 0 Å². The van der Waals surface area contributed by atoms with Gasteiger partial charge in [-0.25, -0.2) is 0 Å². The van der Waals surface area contributed by atoms with Gasteiger partial charge in [-0.1, -0.05) is 11.6 Å². The first-order chi connectivity index (χ1) is 8.33. The van der Waals surface area contributed by atoms with Crippen LogP contribution in [-0.2, 0) is 18.4 Å². The van der Waals surface area contributed by atoms with Crippen molar-refractivity contribution in [2.75, 3.05) is 13.1 Å². The number of rotatable bonds is 3. The lowest BCUT2D eigenvalue weighted by Crippen LogP contribution is -2.50. The summed E-state index contributed by atoms with van der Waals surface area (Å²) in [5.41, 5.74) is 6.50. The number of aliphatic carboxylic acids is 1. The Hall–Kier alpha value is -1.11. The van der Waals surface area contributed by atoms with Crippen molar-refractivity contribution in [3.8, 4) is 0 Å². The SMILES string of the molecule is Cc1nn(C)c(Cl)c1CN1CCC(N)(C(=O)O)C1. The Morgan fingerprint density at radius 1 is 1.67 bits per heavy atom. The van der Waals surface area contributed by atoms with E-state index in [2.05, 4.69) is 5.10 Å². The van der Waals surface area contributed by atoms with Crippen LogP contribution in [0, 0.1) is 6.92 Å². The molecule has 0 aliphatic carbocycles. The first kappa shape index (κ1) is 13.3. The Balaban J connectivity index is 2.10. The van der Waals surface area contributed by atoms with Gasteiger partial charge in [0.2, 0.25) is 0 Å². The molecule has 1 aromatic rings. The highest BCUT2D eigenvalue weighted by atomic mass is 35.5.